The lowest BCUT2D eigenvalue weighted by Gasteiger charge is -2.08. The van der Waals surface area contributed by atoms with Crippen LogP contribution < -0.4 is 10.1 Å². The van der Waals surface area contributed by atoms with E-state index in [2.05, 4.69) is 5.32 Å². The van der Waals surface area contributed by atoms with Gasteiger partial charge < -0.3 is 10.1 Å². The van der Waals surface area contributed by atoms with Crippen LogP contribution in [0.5, 0.6) is 5.75 Å². The number of halogens is 3. The van der Waals surface area contributed by atoms with E-state index in [9.17, 15) is 9.18 Å². The van der Waals surface area contributed by atoms with Crippen molar-refractivity contribution in [3.8, 4) is 5.75 Å². The summed E-state index contributed by atoms with van der Waals surface area (Å²) in [4.78, 5) is 11.6. The molecule has 0 saturated heterocycles. The summed E-state index contributed by atoms with van der Waals surface area (Å²) in [6.07, 6.45) is 0. The molecule has 0 unspecified atom stereocenters. The van der Waals surface area contributed by atoms with Crippen LogP contribution in [0.15, 0.2) is 42.5 Å². The third kappa shape index (κ3) is 6.23. The highest BCUT2D eigenvalue weighted by atomic mass is 35.5. The van der Waals surface area contributed by atoms with Crippen molar-refractivity contribution in [2.45, 2.75) is 5.75 Å². The molecule has 128 valence electrons. The molecule has 0 aromatic heterocycles. The standard InChI is InChI=1S/C17H16Cl2FNO2S/c18-13-6-5-12(14(19)9-13)11-24-8-7-21-17(22)10-23-16-4-2-1-3-15(16)20/h1-6,9H,7-8,10-11H2,(H,21,22). The molecule has 1 N–H and O–H groups in total. The Hall–Kier alpha value is -1.43. The monoisotopic (exact) mass is 387 g/mol. The molecule has 0 saturated carbocycles. The molecule has 0 spiro atoms. The second-order valence-electron chi connectivity index (χ2n) is 4.86. The predicted molar refractivity (Wildman–Crippen MR) is 97.5 cm³/mol. The SMILES string of the molecule is O=C(COc1ccccc1F)NCCSCc1ccc(Cl)cc1Cl. The number of para-hydroxylation sites is 1. The Bertz CT molecular complexity index is 700. The number of carbonyl (C=O) groups excluding carboxylic acids is 1. The number of rotatable bonds is 8. The predicted octanol–water partition coefficient (Wildman–Crippen LogP) is 4.56. The number of ether oxygens (including phenoxy) is 1. The Morgan fingerprint density at radius 3 is 2.75 bits per heavy atom. The Labute approximate surface area is 154 Å². The average molecular weight is 388 g/mol. The van der Waals surface area contributed by atoms with Crippen LogP contribution in [0.4, 0.5) is 4.39 Å². The number of hydrogen-bond donors (Lipinski definition) is 1. The summed E-state index contributed by atoms with van der Waals surface area (Å²) in [7, 11) is 0. The molecule has 2 aromatic carbocycles. The molecule has 0 radical (unpaired) electrons. The molecule has 2 rings (SSSR count). The van der Waals surface area contributed by atoms with E-state index in [1.165, 1.54) is 12.1 Å². The Kier molecular flexibility index (Phi) is 7.69. The van der Waals surface area contributed by atoms with E-state index < -0.39 is 5.82 Å². The molecular formula is C17H16Cl2FNO2S. The fourth-order valence-corrected chi connectivity index (χ4v) is 3.26. The summed E-state index contributed by atoms with van der Waals surface area (Å²) in [6, 6.07) is 11.4. The summed E-state index contributed by atoms with van der Waals surface area (Å²) < 4.78 is 18.5. The quantitative estimate of drug-likeness (QED) is 0.674. The molecule has 0 aliphatic rings. The van der Waals surface area contributed by atoms with Gasteiger partial charge in [0, 0.05) is 28.1 Å². The first kappa shape index (κ1) is 18.9. The van der Waals surface area contributed by atoms with Gasteiger partial charge in [0.15, 0.2) is 18.2 Å². The highest BCUT2D eigenvalue weighted by Gasteiger charge is 2.06. The van der Waals surface area contributed by atoms with E-state index in [1.54, 1.807) is 36.0 Å². The van der Waals surface area contributed by atoms with Crippen LogP contribution in [0.25, 0.3) is 0 Å². The number of hydrogen-bond acceptors (Lipinski definition) is 3. The van der Waals surface area contributed by atoms with Crippen molar-refractivity contribution in [3.05, 3.63) is 63.9 Å². The largest absolute Gasteiger partial charge is 0.481 e. The zero-order valence-corrected chi connectivity index (χ0v) is 15.1. The second-order valence-corrected chi connectivity index (χ2v) is 6.81. The minimum atomic E-state index is -0.485. The number of thioether (sulfide) groups is 1. The van der Waals surface area contributed by atoms with Gasteiger partial charge in [-0.15, -0.1) is 0 Å². The van der Waals surface area contributed by atoms with Gasteiger partial charge in [0.05, 0.1) is 0 Å². The molecule has 7 heteroatoms. The lowest BCUT2D eigenvalue weighted by Crippen LogP contribution is -2.30. The fraction of sp³-hybridized carbons (Fsp3) is 0.235. The third-order valence-corrected chi connectivity index (χ3v) is 4.63. The molecule has 1 amide bonds. The van der Waals surface area contributed by atoms with Crippen molar-refractivity contribution >= 4 is 40.9 Å². The maximum absolute atomic E-state index is 13.3. The van der Waals surface area contributed by atoms with Crippen LogP contribution in [0.3, 0.4) is 0 Å². The first-order valence-electron chi connectivity index (χ1n) is 7.22. The van der Waals surface area contributed by atoms with Crippen LogP contribution in [0, 0.1) is 5.82 Å². The molecule has 0 aliphatic carbocycles. The maximum atomic E-state index is 13.3. The van der Waals surface area contributed by atoms with Gasteiger partial charge in [-0.1, -0.05) is 41.4 Å². The van der Waals surface area contributed by atoms with Gasteiger partial charge in [0.2, 0.25) is 0 Å². The maximum Gasteiger partial charge on any atom is 0.257 e. The van der Waals surface area contributed by atoms with Crippen molar-refractivity contribution in [2.24, 2.45) is 0 Å². The van der Waals surface area contributed by atoms with E-state index in [1.807, 2.05) is 6.07 Å². The highest BCUT2D eigenvalue weighted by molar-refractivity contribution is 7.98. The Morgan fingerprint density at radius 1 is 1.21 bits per heavy atom. The van der Waals surface area contributed by atoms with E-state index >= 15 is 0 Å². The zero-order valence-electron chi connectivity index (χ0n) is 12.7. The second kappa shape index (κ2) is 9.77. The molecule has 0 heterocycles. The van der Waals surface area contributed by atoms with Gasteiger partial charge in [-0.05, 0) is 29.8 Å². The molecule has 0 bridgehead atoms. The van der Waals surface area contributed by atoms with Crippen molar-refractivity contribution in [1.29, 1.82) is 0 Å². The minimum Gasteiger partial charge on any atom is -0.481 e. The van der Waals surface area contributed by atoms with E-state index in [0.717, 1.165) is 17.1 Å². The van der Waals surface area contributed by atoms with Crippen LogP contribution in [0.2, 0.25) is 10.0 Å². The Morgan fingerprint density at radius 2 is 2.00 bits per heavy atom. The summed E-state index contributed by atoms with van der Waals surface area (Å²) in [6.45, 7) is 0.282. The van der Waals surface area contributed by atoms with Crippen molar-refractivity contribution in [3.63, 3.8) is 0 Å². The summed E-state index contributed by atoms with van der Waals surface area (Å²) >= 11 is 13.6. The van der Waals surface area contributed by atoms with E-state index in [4.69, 9.17) is 27.9 Å². The number of carbonyl (C=O) groups is 1. The van der Waals surface area contributed by atoms with Crippen LogP contribution in [-0.2, 0) is 10.5 Å². The first-order chi connectivity index (χ1) is 11.6. The van der Waals surface area contributed by atoms with Crippen molar-refractivity contribution in [1.82, 2.24) is 5.32 Å². The van der Waals surface area contributed by atoms with Gasteiger partial charge in [0.1, 0.15) is 0 Å². The van der Waals surface area contributed by atoms with Crippen molar-refractivity contribution in [2.75, 3.05) is 18.9 Å². The van der Waals surface area contributed by atoms with Gasteiger partial charge in [-0.25, -0.2) is 4.39 Å². The van der Waals surface area contributed by atoms with Crippen LogP contribution in [-0.4, -0.2) is 24.8 Å². The molecule has 0 atom stereocenters. The Balaban J connectivity index is 1.62. The minimum absolute atomic E-state index is 0.0689. The molecule has 3 nitrogen and oxygen atoms in total. The van der Waals surface area contributed by atoms with E-state index in [-0.39, 0.29) is 18.3 Å². The number of benzene rings is 2. The molecular weight excluding hydrogens is 372 g/mol. The highest BCUT2D eigenvalue weighted by Crippen LogP contribution is 2.24. The average Bonchev–Trinajstić information content (AvgIpc) is 2.55. The molecule has 24 heavy (non-hydrogen) atoms. The third-order valence-electron chi connectivity index (χ3n) is 3.04. The lowest BCUT2D eigenvalue weighted by molar-refractivity contribution is -0.123. The van der Waals surface area contributed by atoms with Gasteiger partial charge in [-0.2, -0.15) is 11.8 Å². The first-order valence-corrected chi connectivity index (χ1v) is 9.13. The smallest absolute Gasteiger partial charge is 0.257 e. The molecule has 0 aliphatic heterocycles. The normalized spacial score (nSPS) is 10.5. The zero-order chi connectivity index (χ0) is 17.4. The molecule has 0 fully saturated rings. The van der Waals surface area contributed by atoms with Gasteiger partial charge in [-0.3, -0.25) is 4.79 Å². The van der Waals surface area contributed by atoms with Gasteiger partial charge >= 0.3 is 0 Å². The van der Waals surface area contributed by atoms with E-state index in [0.29, 0.717) is 16.6 Å². The summed E-state index contributed by atoms with van der Waals surface area (Å²) in [5.74, 6) is 0.755. The van der Waals surface area contributed by atoms with Crippen LogP contribution in [0.1, 0.15) is 5.56 Å². The summed E-state index contributed by atoms with van der Waals surface area (Å²) in [5, 5.41) is 3.96. The fourth-order valence-electron chi connectivity index (χ4n) is 1.84. The van der Waals surface area contributed by atoms with Crippen LogP contribution >= 0.6 is 35.0 Å². The number of amides is 1. The molecule has 2 aromatic rings. The summed E-state index contributed by atoms with van der Waals surface area (Å²) in [5.41, 5.74) is 1.00. The topological polar surface area (TPSA) is 38.3 Å². The van der Waals surface area contributed by atoms with Crippen molar-refractivity contribution < 1.29 is 13.9 Å². The lowest BCUT2D eigenvalue weighted by atomic mass is 10.2. The number of nitrogens with one attached hydrogen (secondary N) is 1. The van der Waals surface area contributed by atoms with Gasteiger partial charge in [0.25, 0.3) is 5.91 Å².